The summed E-state index contributed by atoms with van der Waals surface area (Å²) in [6, 6.07) is 13.7. The normalized spacial score (nSPS) is 11.4. The summed E-state index contributed by atoms with van der Waals surface area (Å²) in [4.78, 5) is 0. The Morgan fingerprint density at radius 3 is 1.92 bits per heavy atom. The Kier molecular flexibility index (Phi) is 1.10. The van der Waals surface area contributed by atoms with Crippen LogP contribution in [0.4, 0.5) is 0 Å². The summed E-state index contributed by atoms with van der Waals surface area (Å²) in [5.74, 6) is 0.320. The average molecular weight is 168 g/mol. The van der Waals surface area contributed by atoms with Crippen LogP contribution in [0, 0.1) is 0 Å². The lowest BCUT2D eigenvalue weighted by Crippen LogP contribution is -1.71. The molecule has 0 aliphatic heterocycles. The fraction of sp³-hybridized carbons (Fsp3) is 0. The van der Waals surface area contributed by atoms with E-state index in [-0.39, 0.29) is 0 Å². The fourth-order valence-electron chi connectivity index (χ4n) is 1.65. The van der Waals surface area contributed by atoms with Crippen molar-refractivity contribution in [3.63, 3.8) is 0 Å². The van der Waals surface area contributed by atoms with E-state index >= 15 is 0 Å². The largest absolute Gasteiger partial charge is 0.508 e. The maximum atomic E-state index is 9.13. The first-order chi connectivity index (χ1) is 6.34. The molecule has 0 unspecified atom stereocenters. The molecule has 1 heteroatoms. The Morgan fingerprint density at radius 1 is 0.692 bits per heavy atom. The van der Waals surface area contributed by atoms with Gasteiger partial charge in [-0.3, -0.25) is 0 Å². The molecule has 0 spiro atoms. The predicted octanol–water partition coefficient (Wildman–Crippen LogP) is 3.04. The van der Waals surface area contributed by atoms with Crippen LogP contribution in [0.15, 0.2) is 42.5 Å². The van der Waals surface area contributed by atoms with E-state index in [0.29, 0.717) is 5.75 Å². The fourth-order valence-corrected chi connectivity index (χ4v) is 1.65. The third-order valence-electron chi connectivity index (χ3n) is 2.43. The molecule has 0 saturated heterocycles. The van der Waals surface area contributed by atoms with E-state index in [1.54, 1.807) is 12.1 Å². The first-order valence-corrected chi connectivity index (χ1v) is 4.28. The van der Waals surface area contributed by atoms with Crippen LogP contribution >= 0.6 is 0 Å². The van der Waals surface area contributed by atoms with Crippen molar-refractivity contribution >= 4 is 0 Å². The van der Waals surface area contributed by atoms with Crippen molar-refractivity contribution in [3.8, 4) is 28.0 Å². The van der Waals surface area contributed by atoms with Gasteiger partial charge in [0.2, 0.25) is 0 Å². The van der Waals surface area contributed by atoms with Crippen LogP contribution in [0.2, 0.25) is 0 Å². The second-order valence-corrected chi connectivity index (χ2v) is 3.31. The lowest BCUT2D eigenvalue weighted by atomic mass is 10.1. The monoisotopic (exact) mass is 168 g/mol. The van der Waals surface area contributed by atoms with Gasteiger partial charge in [0.1, 0.15) is 5.75 Å². The molecule has 1 N–H and O–H groups in total. The van der Waals surface area contributed by atoms with Gasteiger partial charge in [-0.25, -0.2) is 0 Å². The van der Waals surface area contributed by atoms with Crippen LogP contribution in [0.25, 0.3) is 22.3 Å². The lowest BCUT2D eigenvalue weighted by Gasteiger charge is -1.97. The highest BCUT2D eigenvalue weighted by Crippen LogP contribution is 2.43. The number of aromatic hydroxyl groups is 1. The molecule has 1 nitrogen and oxygen atoms in total. The summed E-state index contributed by atoms with van der Waals surface area (Å²) in [7, 11) is 0. The SMILES string of the molecule is Oc1ccc(-c2ccc3cc2-3)cc1. The van der Waals surface area contributed by atoms with Gasteiger partial charge in [0.25, 0.3) is 0 Å². The van der Waals surface area contributed by atoms with Crippen LogP contribution in [0.3, 0.4) is 0 Å². The molecule has 3 rings (SSSR count). The third-order valence-corrected chi connectivity index (χ3v) is 2.43. The summed E-state index contributed by atoms with van der Waals surface area (Å²) in [5, 5.41) is 9.13. The van der Waals surface area contributed by atoms with Gasteiger partial charge in [-0.05, 0) is 40.5 Å². The first-order valence-electron chi connectivity index (χ1n) is 4.28. The van der Waals surface area contributed by atoms with E-state index in [9.17, 15) is 0 Å². The van der Waals surface area contributed by atoms with Gasteiger partial charge in [0, 0.05) is 0 Å². The molecule has 2 aliphatic carbocycles. The number of hydrogen-bond donors (Lipinski definition) is 1. The maximum absolute atomic E-state index is 9.13. The van der Waals surface area contributed by atoms with Crippen molar-refractivity contribution in [2.75, 3.05) is 0 Å². The molecule has 0 aromatic heterocycles. The molecule has 0 fully saturated rings. The van der Waals surface area contributed by atoms with Crippen molar-refractivity contribution in [2.24, 2.45) is 0 Å². The molecule has 1 aromatic carbocycles. The molecule has 0 bridgehead atoms. The Bertz CT molecular complexity index is 469. The highest BCUT2D eigenvalue weighted by atomic mass is 16.3. The molecule has 0 saturated carbocycles. The van der Waals surface area contributed by atoms with Gasteiger partial charge in [-0.15, -0.1) is 0 Å². The highest BCUT2D eigenvalue weighted by molar-refractivity contribution is 5.96. The molecule has 62 valence electrons. The lowest BCUT2D eigenvalue weighted by molar-refractivity contribution is 0.475. The maximum Gasteiger partial charge on any atom is 0.115 e. The number of phenolic OH excluding ortho intramolecular Hbond substituents is 1. The number of fused-ring (bicyclic) bond motifs is 1. The summed E-state index contributed by atoms with van der Waals surface area (Å²) in [6.45, 7) is 0. The number of benzene rings is 2. The zero-order valence-corrected chi connectivity index (χ0v) is 6.99. The van der Waals surface area contributed by atoms with Gasteiger partial charge in [-0.2, -0.15) is 0 Å². The Labute approximate surface area is 76.3 Å². The van der Waals surface area contributed by atoms with Crippen molar-refractivity contribution in [1.82, 2.24) is 0 Å². The minimum atomic E-state index is 0.320. The Morgan fingerprint density at radius 2 is 1.38 bits per heavy atom. The van der Waals surface area contributed by atoms with E-state index in [4.69, 9.17) is 5.11 Å². The number of hydrogen-bond acceptors (Lipinski definition) is 1. The van der Waals surface area contributed by atoms with Crippen molar-refractivity contribution < 1.29 is 5.11 Å². The molecule has 2 aliphatic rings. The van der Waals surface area contributed by atoms with Crippen molar-refractivity contribution in [3.05, 3.63) is 42.5 Å². The van der Waals surface area contributed by atoms with Gasteiger partial charge < -0.3 is 5.11 Å². The molecule has 0 heterocycles. The summed E-state index contributed by atoms with van der Waals surface area (Å²) in [6.07, 6.45) is 0. The minimum Gasteiger partial charge on any atom is -0.508 e. The van der Waals surface area contributed by atoms with E-state index in [2.05, 4.69) is 18.2 Å². The first kappa shape index (κ1) is 6.72. The zero-order chi connectivity index (χ0) is 8.84. The predicted molar refractivity (Wildman–Crippen MR) is 52.5 cm³/mol. The summed E-state index contributed by atoms with van der Waals surface area (Å²) < 4.78 is 0. The van der Waals surface area contributed by atoms with Crippen LogP contribution in [0.1, 0.15) is 0 Å². The highest BCUT2D eigenvalue weighted by Gasteiger charge is 2.17. The van der Waals surface area contributed by atoms with Crippen molar-refractivity contribution in [2.45, 2.75) is 0 Å². The second kappa shape index (κ2) is 2.13. The Hall–Kier alpha value is -1.76. The number of rotatable bonds is 1. The summed E-state index contributed by atoms with van der Waals surface area (Å²) in [5.41, 5.74) is 5.15. The topological polar surface area (TPSA) is 20.2 Å². The average Bonchev–Trinajstić information content (AvgIpc) is 2.81. The smallest absolute Gasteiger partial charge is 0.115 e. The summed E-state index contributed by atoms with van der Waals surface area (Å²) >= 11 is 0. The van der Waals surface area contributed by atoms with Gasteiger partial charge >= 0.3 is 0 Å². The van der Waals surface area contributed by atoms with Gasteiger partial charge in [-0.1, -0.05) is 24.3 Å². The van der Waals surface area contributed by atoms with Crippen LogP contribution < -0.4 is 0 Å². The quantitative estimate of drug-likeness (QED) is 0.592. The molecule has 0 radical (unpaired) electrons. The van der Waals surface area contributed by atoms with Crippen LogP contribution in [-0.4, -0.2) is 5.11 Å². The molecule has 0 amide bonds. The number of phenols is 1. The van der Waals surface area contributed by atoms with Gasteiger partial charge in [0.05, 0.1) is 0 Å². The molecular weight excluding hydrogens is 160 g/mol. The van der Waals surface area contributed by atoms with E-state index in [0.717, 1.165) is 0 Å². The van der Waals surface area contributed by atoms with Crippen molar-refractivity contribution in [1.29, 1.82) is 0 Å². The van der Waals surface area contributed by atoms with E-state index in [1.165, 1.54) is 22.3 Å². The second-order valence-electron chi connectivity index (χ2n) is 3.31. The zero-order valence-electron chi connectivity index (χ0n) is 6.99. The van der Waals surface area contributed by atoms with E-state index in [1.807, 2.05) is 12.1 Å². The Balaban J connectivity index is 2.11. The molecule has 0 atom stereocenters. The third kappa shape index (κ3) is 0.937. The minimum absolute atomic E-state index is 0.320. The van der Waals surface area contributed by atoms with Crippen LogP contribution in [-0.2, 0) is 0 Å². The van der Waals surface area contributed by atoms with E-state index < -0.39 is 0 Å². The standard InChI is InChI=1S/C12H8O/c13-10-4-1-8(2-5-10)11-6-3-9-7-12(9)11/h1-7,13H. The molecule has 1 aromatic rings. The molecule has 13 heavy (non-hydrogen) atoms. The molecular formula is C12H8O. The van der Waals surface area contributed by atoms with Crippen LogP contribution in [0.5, 0.6) is 5.75 Å². The van der Waals surface area contributed by atoms with Gasteiger partial charge in [0.15, 0.2) is 0 Å².